The van der Waals surface area contributed by atoms with E-state index in [0.29, 0.717) is 5.39 Å². The second-order valence-electron chi connectivity index (χ2n) is 6.21. The van der Waals surface area contributed by atoms with Crippen LogP contribution in [0.3, 0.4) is 0 Å². The van der Waals surface area contributed by atoms with Crippen molar-refractivity contribution in [1.82, 2.24) is 9.88 Å². The maximum Gasteiger partial charge on any atom is 0.219 e. The smallest absolute Gasteiger partial charge is 0.219 e. The third-order valence-corrected chi connectivity index (χ3v) is 5.22. The second kappa shape index (κ2) is 5.72. The van der Waals surface area contributed by atoms with E-state index in [-0.39, 0.29) is 11.6 Å². The molecule has 0 spiro atoms. The molecule has 0 aliphatic carbocycles. The van der Waals surface area contributed by atoms with Gasteiger partial charge in [-0.25, -0.2) is 0 Å². The minimum atomic E-state index is -0.164. The molecule has 1 aliphatic rings. The molecule has 5 nitrogen and oxygen atoms in total. The van der Waals surface area contributed by atoms with Crippen LogP contribution in [0.15, 0.2) is 40.0 Å². The third kappa shape index (κ3) is 2.34. The molecule has 4 rings (SSSR count). The highest BCUT2D eigenvalue weighted by atomic mass is 79.9. The Morgan fingerprint density at radius 1 is 1.25 bits per heavy atom. The van der Waals surface area contributed by atoms with Gasteiger partial charge in [-0.15, -0.1) is 4.91 Å². The molecule has 0 radical (unpaired) electrons. The van der Waals surface area contributed by atoms with Crippen LogP contribution in [0.2, 0.25) is 0 Å². The minimum absolute atomic E-state index is 0.0828. The summed E-state index contributed by atoms with van der Waals surface area (Å²) in [6, 6.07) is 10.1. The number of fused-ring (bicyclic) bond motifs is 3. The molecule has 0 amide bonds. The van der Waals surface area contributed by atoms with Crippen LogP contribution in [0, 0.1) is 4.91 Å². The summed E-state index contributed by atoms with van der Waals surface area (Å²) in [5, 5.41) is 13.7. The first kappa shape index (κ1) is 15.4. The number of hydrogen-bond acceptors (Lipinski definition) is 4. The maximum absolute atomic E-state index is 11.2. The summed E-state index contributed by atoms with van der Waals surface area (Å²) >= 11 is 3.47. The number of H-pyrrole nitrogens is 1. The van der Waals surface area contributed by atoms with E-state index in [4.69, 9.17) is 0 Å². The summed E-state index contributed by atoms with van der Waals surface area (Å²) in [6.45, 7) is 1.75. The van der Waals surface area contributed by atoms with Gasteiger partial charge in [-0.05, 0) is 59.1 Å². The molecule has 24 heavy (non-hydrogen) atoms. The lowest BCUT2D eigenvalue weighted by Crippen LogP contribution is -2.27. The molecular formula is C18H16BrN3O2. The van der Waals surface area contributed by atoms with Crippen LogP contribution < -0.4 is 0 Å². The fourth-order valence-corrected chi connectivity index (χ4v) is 3.77. The summed E-state index contributed by atoms with van der Waals surface area (Å²) in [4.78, 5) is 16.4. The van der Waals surface area contributed by atoms with E-state index in [9.17, 15) is 10.0 Å². The number of halogens is 1. The maximum atomic E-state index is 11.2. The van der Waals surface area contributed by atoms with Gasteiger partial charge in [0.1, 0.15) is 0 Å². The number of benzene rings is 2. The van der Waals surface area contributed by atoms with Crippen molar-refractivity contribution < 1.29 is 5.11 Å². The van der Waals surface area contributed by atoms with Crippen LogP contribution in [-0.4, -0.2) is 28.6 Å². The molecule has 1 aliphatic heterocycles. The molecule has 0 saturated carbocycles. The fraction of sp³-hybridized carbons (Fsp3) is 0.222. The van der Waals surface area contributed by atoms with Crippen molar-refractivity contribution in [3.63, 3.8) is 0 Å². The molecular weight excluding hydrogens is 370 g/mol. The lowest BCUT2D eigenvalue weighted by Gasteiger charge is -2.27. The summed E-state index contributed by atoms with van der Waals surface area (Å²) in [6.07, 6.45) is 0.927. The highest BCUT2D eigenvalue weighted by molar-refractivity contribution is 9.10. The largest absolute Gasteiger partial charge is 0.493 e. The minimum Gasteiger partial charge on any atom is -0.493 e. The van der Waals surface area contributed by atoms with Gasteiger partial charge >= 0.3 is 0 Å². The van der Waals surface area contributed by atoms with Crippen molar-refractivity contribution in [2.24, 2.45) is 5.18 Å². The van der Waals surface area contributed by atoms with E-state index >= 15 is 0 Å². The van der Waals surface area contributed by atoms with Crippen LogP contribution in [0.4, 0.5) is 5.69 Å². The average Bonchev–Trinajstić information content (AvgIpc) is 2.90. The van der Waals surface area contributed by atoms with Gasteiger partial charge < -0.3 is 15.0 Å². The van der Waals surface area contributed by atoms with E-state index < -0.39 is 0 Å². The van der Waals surface area contributed by atoms with Crippen molar-refractivity contribution >= 4 is 32.5 Å². The molecule has 0 fully saturated rings. The van der Waals surface area contributed by atoms with Gasteiger partial charge in [0.15, 0.2) is 5.69 Å². The highest BCUT2D eigenvalue weighted by Gasteiger charge is 2.24. The van der Waals surface area contributed by atoms with Gasteiger partial charge in [-0.2, -0.15) is 0 Å². The lowest BCUT2D eigenvalue weighted by molar-refractivity contribution is 0.314. The zero-order valence-corrected chi connectivity index (χ0v) is 14.7. The molecule has 0 bridgehead atoms. The number of aromatic amines is 1. The molecule has 1 aromatic heterocycles. The zero-order chi connectivity index (χ0) is 16.8. The Morgan fingerprint density at radius 2 is 2.00 bits per heavy atom. The third-order valence-electron chi connectivity index (χ3n) is 4.69. The van der Waals surface area contributed by atoms with Crippen LogP contribution in [0.5, 0.6) is 5.88 Å². The first-order valence-corrected chi connectivity index (χ1v) is 8.55. The number of hydrogen-bond donors (Lipinski definition) is 2. The molecule has 6 heteroatoms. The Hall–Kier alpha value is -2.18. The van der Waals surface area contributed by atoms with Crippen molar-refractivity contribution in [3.8, 4) is 17.0 Å². The number of nitrogens with zero attached hydrogens (tertiary/aromatic N) is 2. The van der Waals surface area contributed by atoms with E-state index in [2.05, 4.69) is 50.2 Å². The number of rotatable bonds is 2. The van der Waals surface area contributed by atoms with Gasteiger partial charge in [-0.1, -0.05) is 28.1 Å². The summed E-state index contributed by atoms with van der Waals surface area (Å²) < 4.78 is 1.02. The number of nitroso groups, excluding NO2 is 1. The van der Waals surface area contributed by atoms with Crippen LogP contribution >= 0.6 is 15.9 Å². The predicted octanol–water partition coefficient (Wildman–Crippen LogP) is 4.69. The monoisotopic (exact) mass is 385 g/mol. The molecule has 0 saturated heterocycles. The van der Waals surface area contributed by atoms with Gasteiger partial charge in [0.05, 0.1) is 5.52 Å². The molecule has 2 N–H and O–H groups in total. The van der Waals surface area contributed by atoms with Gasteiger partial charge in [0, 0.05) is 22.9 Å². The summed E-state index contributed by atoms with van der Waals surface area (Å²) in [5.41, 5.74) is 5.48. The van der Waals surface area contributed by atoms with Crippen molar-refractivity contribution in [2.75, 3.05) is 13.6 Å². The second-order valence-corrected chi connectivity index (χ2v) is 7.13. The van der Waals surface area contributed by atoms with E-state index in [1.54, 1.807) is 0 Å². The van der Waals surface area contributed by atoms with Gasteiger partial charge in [-0.3, -0.25) is 0 Å². The molecule has 2 aromatic carbocycles. The van der Waals surface area contributed by atoms with Crippen molar-refractivity contribution in [3.05, 3.63) is 50.8 Å². The molecule has 2 heterocycles. The molecule has 0 unspecified atom stereocenters. The van der Waals surface area contributed by atoms with Gasteiger partial charge in [0.2, 0.25) is 5.88 Å². The van der Waals surface area contributed by atoms with Crippen LogP contribution in [-0.2, 0) is 13.0 Å². The molecule has 122 valence electrons. The SMILES string of the molecule is CN1CCc2c(-c3ccc(Br)cc3)cc3c(N=O)c(O)[nH]c3c2C1. The highest BCUT2D eigenvalue weighted by Crippen LogP contribution is 2.43. The van der Waals surface area contributed by atoms with E-state index in [1.165, 1.54) is 5.56 Å². The molecule has 3 aromatic rings. The fourth-order valence-electron chi connectivity index (χ4n) is 3.51. The Morgan fingerprint density at radius 3 is 2.71 bits per heavy atom. The standard InChI is InChI=1S/C18H16BrN3O2/c1-22-7-6-12-13(10-2-4-11(19)5-3-10)8-14-16(15(12)9-22)20-18(23)17(14)21-24/h2-5,8,20,23H,6-7,9H2,1H3. The van der Waals surface area contributed by atoms with Crippen LogP contribution in [0.25, 0.3) is 22.0 Å². The molecule has 0 atom stereocenters. The predicted molar refractivity (Wildman–Crippen MR) is 98.6 cm³/mol. The Bertz CT molecular complexity index is 947. The Labute approximate surface area is 147 Å². The first-order valence-electron chi connectivity index (χ1n) is 7.75. The number of aromatic nitrogens is 1. The average molecular weight is 386 g/mol. The topological polar surface area (TPSA) is 68.7 Å². The summed E-state index contributed by atoms with van der Waals surface area (Å²) in [5.74, 6) is -0.164. The van der Waals surface area contributed by atoms with Crippen molar-refractivity contribution in [2.45, 2.75) is 13.0 Å². The van der Waals surface area contributed by atoms with Crippen LogP contribution in [0.1, 0.15) is 11.1 Å². The zero-order valence-electron chi connectivity index (χ0n) is 13.1. The number of likely N-dealkylation sites (N-methyl/N-ethyl adjacent to an activating group) is 1. The van der Waals surface area contributed by atoms with Crippen molar-refractivity contribution in [1.29, 1.82) is 0 Å². The number of nitrogens with one attached hydrogen (secondary N) is 1. The lowest BCUT2D eigenvalue weighted by atomic mass is 9.89. The van der Waals surface area contributed by atoms with E-state index in [0.717, 1.165) is 46.2 Å². The summed E-state index contributed by atoms with van der Waals surface area (Å²) in [7, 11) is 2.07. The normalized spacial score (nSPS) is 14.8. The first-order chi connectivity index (χ1) is 11.6. The van der Waals surface area contributed by atoms with E-state index in [1.807, 2.05) is 18.2 Å². The Kier molecular flexibility index (Phi) is 3.66. The number of aromatic hydroxyl groups is 1. The van der Waals surface area contributed by atoms with Gasteiger partial charge in [0.25, 0.3) is 0 Å². The quantitative estimate of drug-likeness (QED) is 0.628. The Balaban J connectivity index is 2.06.